The Bertz CT molecular complexity index is 970. The van der Waals surface area contributed by atoms with E-state index in [9.17, 15) is 23.7 Å². The quantitative estimate of drug-likeness (QED) is 0.293. The second-order valence-corrected chi connectivity index (χ2v) is 5.34. The van der Waals surface area contributed by atoms with Crippen LogP contribution < -0.4 is 4.74 Å². The first kappa shape index (κ1) is 17.2. The number of nitro groups is 1. The van der Waals surface area contributed by atoms with Gasteiger partial charge in [0, 0.05) is 23.8 Å². The average molecular weight is 355 g/mol. The Hall–Kier alpha value is -3.61. The summed E-state index contributed by atoms with van der Waals surface area (Å²) >= 11 is 0. The predicted molar refractivity (Wildman–Crippen MR) is 89.8 cm³/mol. The SMILES string of the molecule is O=C(Oc1ccc(-c2ccc(F)cc2F)cc1)c1ccc([N+](=O)[O-])cc1. The van der Waals surface area contributed by atoms with Gasteiger partial charge in [0.2, 0.25) is 0 Å². The van der Waals surface area contributed by atoms with Crippen LogP contribution in [0.25, 0.3) is 11.1 Å². The van der Waals surface area contributed by atoms with Gasteiger partial charge in [-0.3, -0.25) is 10.1 Å². The molecule has 3 aromatic carbocycles. The number of hydrogen-bond donors (Lipinski definition) is 0. The fraction of sp³-hybridized carbons (Fsp3) is 0. The molecule has 130 valence electrons. The van der Waals surface area contributed by atoms with Gasteiger partial charge in [-0.1, -0.05) is 12.1 Å². The average Bonchev–Trinajstić information content (AvgIpc) is 2.63. The van der Waals surface area contributed by atoms with E-state index in [1.54, 1.807) is 0 Å². The third-order valence-corrected chi connectivity index (χ3v) is 3.62. The molecule has 0 N–H and O–H groups in total. The second-order valence-electron chi connectivity index (χ2n) is 5.34. The summed E-state index contributed by atoms with van der Waals surface area (Å²) in [7, 11) is 0. The van der Waals surface area contributed by atoms with Gasteiger partial charge < -0.3 is 4.74 Å². The van der Waals surface area contributed by atoms with Crippen molar-refractivity contribution in [1.29, 1.82) is 0 Å². The summed E-state index contributed by atoms with van der Waals surface area (Å²) < 4.78 is 31.9. The molecule has 0 radical (unpaired) electrons. The molecule has 0 amide bonds. The van der Waals surface area contributed by atoms with E-state index in [0.29, 0.717) is 5.56 Å². The zero-order valence-corrected chi connectivity index (χ0v) is 13.2. The highest BCUT2D eigenvalue weighted by atomic mass is 19.1. The van der Waals surface area contributed by atoms with Gasteiger partial charge in [-0.2, -0.15) is 0 Å². The van der Waals surface area contributed by atoms with E-state index in [4.69, 9.17) is 4.74 Å². The van der Waals surface area contributed by atoms with Gasteiger partial charge in [0.1, 0.15) is 17.4 Å². The van der Waals surface area contributed by atoms with Crippen molar-refractivity contribution in [3.8, 4) is 16.9 Å². The van der Waals surface area contributed by atoms with E-state index in [1.165, 1.54) is 54.6 Å². The maximum atomic E-state index is 13.8. The molecule has 5 nitrogen and oxygen atoms in total. The number of carbonyl (C=O) groups is 1. The molecule has 0 bridgehead atoms. The summed E-state index contributed by atoms with van der Waals surface area (Å²) in [4.78, 5) is 22.1. The topological polar surface area (TPSA) is 69.4 Å². The molecule has 3 rings (SSSR count). The summed E-state index contributed by atoms with van der Waals surface area (Å²) in [6.45, 7) is 0. The van der Waals surface area contributed by atoms with E-state index in [1.807, 2.05) is 0 Å². The van der Waals surface area contributed by atoms with Gasteiger partial charge in [-0.25, -0.2) is 13.6 Å². The highest BCUT2D eigenvalue weighted by molar-refractivity contribution is 5.91. The molecule has 0 aliphatic rings. The van der Waals surface area contributed by atoms with E-state index in [-0.39, 0.29) is 22.6 Å². The predicted octanol–water partition coefficient (Wildman–Crippen LogP) is 4.76. The van der Waals surface area contributed by atoms with Crippen molar-refractivity contribution in [3.05, 3.63) is 94.0 Å². The van der Waals surface area contributed by atoms with Crippen LogP contribution in [0.4, 0.5) is 14.5 Å². The zero-order chi connectivity index (χ0) is 18.7. The molecule has 3 aromatic rings. The number of rotatable bonds is 4. The molecule has 0 unspecified atom stereocenters. The molecule has 7 heteroatoms. The number of carbonyl (C=O) groups excluding carboxylic acids is 1. The van der Waals surface area contributed by atoms with Gasteiger partial charge >= 0.3 is 5.97 Å². The van der Waals surface area contributed by atoms with Crippen LogP contribution >= 0.6 is 0 Å². The van der Waals surface area contributed by atoms with E-state index >= 15 is 0 Å². The number of halogens is 2. The van der Waals surface area contributed by atoms with Crippen molar-refractivity contribution in [2.45, 2.75) is 0 Å². The molecule has 0 saturated heterocycles. The Balaban J connectivity index is 1.74. The van der Waals surface area contributed by atoms with Crippen molar-refractivity contribution in [2.75, 3.05) is 0 Å². The maximum absolute atomic E-state index is 13.8. The van der Waals surface area contributed by atoms with Gasteiger partial charge in [0.25, 0.3) is 5.69 Å². The van der Waals surface area contributed by atoms with E-state index < -0.39 is 22.5 Å². The lowest BCUT2D eigenvalue weighted by Crippen LogP contribution is -2.08. The number of non-ortho nitro benzene ring substituents is 1. The number of hydrogen-bond acceptors (Lipinski definition) is 4. The fourth-order valence-corrected chi connectivity index (χ4v) is 2.31. The summed E-state index contributed by atoms with van der Waals surface area (Å²) in [6.07, 6.45) is 0. The number of nitro benzene ring substituents is 1. The lowest BCUT2D eigenvalue weighted by molar-refractivity contribution is -0.384. The van der Waals surface area contributed by atoms with Gasteiger partial charge in [0.05, 0.1) is 10.5 Å². The third-order valence-electron chi connectivity index (χ3n) is 3.62. The Morgan fingerprint density at radius 3 is 2.15 bits per heavy atom. The Kier molecular flexibility index (Phi) is 4.70. The molecule has 0 aliphatic carbocycles. The fourth-order valence-electron chi connectivity index (χ4n) is 2.31. The lowest BCUT2D eigenvalue weighted by atomic mass is 10.1. The van der Waals surface area contributed by atoms with E-state index in [0.717, 1.165) is 12.1 Å². The highest BCUT2D eigenvalue weighted by Crippen LogP contribution is 2.26. The van der Waals surface area contributed by atoms with Crippen LogP contribution in [-0.4, -0.2) is 10.9 Å². The lowest BCUT2D eigenvalue weighted by Gasteiger charge is -2.07. The van der Waals surface area contributed by atoms with Gasteiger partial charge in [0.15, 0.2) is 0 Å². The molecule has 0 spiro atoms. The van der Waals surface area contributed by atoms with Gasteiger partial charge in [-0.15, -0.1) is 0 Å². The first-order valence-electron chi connectivity index (χ1n) is 7.46. The van der Waals surface area contributed by atoms with Crippen molar-refractivity contribution in [2.24, 2.45) is 0 Å². The minimum Gasteiger partial charge on any atom is -0.423 e. The zero-order valence-electron chi connectivity index (χ0n) is 13.2. The normalized spacial score (nSPS) is 10.4. The number of benzene rings is 3. The number of ether oxygens (including phenoxy) is 1. The van der Waals surface area contributed by atoms with Crippen molar-refractivity contribution < 1.29 is 23.2 Å². The van der Waals surface area contributed by atoms with Crippen LogP contribution in [0, 0.1) is 21.7 Å². The Morgan fingerprint density at radius 1 is 0.923 bits per heavy atom. The molecule has 0 heterocycles. The molecule has 26 heavy (non-hydrogen) atoms. The third kappa shape index (κ3) is 3.72. The minimum absolute atomic E-state index is 0.132. The summed E-state index contributed by atoms with van der Waals surface area (Å²) in [5, 5.41) is 10.6. The summed E-state index contributed by atoms with van der Waals surface area (Å²) in [5.41, 5.74) is 0.744. The van der Waals surface area contributed by atoms with Crippen LogP contribution in [0.2, 0.25) is 0 Å². The molecule has 0 aliphatic heterocycles. The molecule has 0 atom stereocenters. The molecular weight excluding hydrogens is 344 g/mol. The van der Waals surface area contributed by atoms with Crippen LogP contribution in [0.3, 0.4) is 0 Å². The molecular formula is C19H11F2NO4. The maximum Gasteiger partial charge on any atom is 0.343 e. The molecule has 0 aromatic heterocycles. The van der Waals surface area contributed by atoms with Crippen molar-refractivity contribution >= 4 is 11.7 Å². The minimum atomic E-state index is -0.694. The van der Waals surface area contributed by atoms with E-state index in [2.05, 4.69) is 0 Å². The largest absolute Gasteiger partial charge is 0.423 e. The van der Waals surface area contributed by atoms with Crippen molar-refractivity contribution in [3.63, 3.8) is 0 Å². The second kappa shape index (κ2) is 7.10. The van der Waals surface area contributed by atoms with Crippen molar-refractivity contribution in [1.82, 2.24) is 0 Å². The van der Waals surface area contributed by atoms with Crippen LogP contribution in [0.1, 0.15) is 10.4 Å². The summed E-state index contributed by atoms with van der Waals surface area (Å²) in [5.74, 6) is -1.82. The number of nitrogens with zero attached hydrogens (tertiary/aromatic N) is 1. The van der Waals surface area contributed by atoms with Gasteiger partial charge in [-0.05, 0) is 42.0 Å². The highest BCUT2D eigenvalue weighted by Gasteiger charge is 2.12. The standard InChI is InChI=1S/C19H11F2NO4/c20-14-5-10-17(18(21)11-14)12-3-8-16(9-4-12)26-19(23)13-1-6-15(7-2-13)22(24)25/h1-11H. The van der Waals surface area contributed by atoms with Crippen LogP contribution in [-0.2, 0) is 0 Å². The number of esters is 1. The summed E-state index contributed by atoms with van der Waals surface area (Å²) in [6, 6.07) is 14.3. The molecule has 0 fully saturated rings. The Labute approximate surface area is 146 Å². The van der Waals surface area contributed by atoms with Crippen LogP contribution in [0.15, 0.2) is 66.7 Å². The smallest absolute Gasteiger partial charge is 0.343 e. The monoisotopic (exact) mass is 355 g/mol. The first-order valence-corrected chi connectivity index (χ1v) is 7.46. The first-order chi connectivity index (χ1) is 12.4. The van der Waals surface area contributed by atoms with Crippen LogP contribution in [0.5, 0.6) is 5.75 Å². The molecule has 0 saturated carbocycles. The Morgan fingerprint density at radius 2 is 1.58 bits per heavy atom.